The maximum absolute atomic E-state index is 9.65. The van der Waals surface area contributed by atoms with Crippen molar-refractivity contribution in [3.63, 3.8) is 0 Å². The predicted octanol–water partition coefficient (Wildman–Crippen LogP) is 3.42. The number of halogens is 1. The molecule has 0 spiro atoms. The third-order valence-corrected chi connectivity index (χ3v) is 4.83. The molecule has 2 heteroatoms. The third-order valence-electron chi connectivity index (χ3n) is 3.97. The number of aliphatic hydroxyl groups is 1. The molecule has 0 aliphatic heterocycles. The molecule has 15 heavy (non-hydrogen) atoms. The predicted molar refractivity (Wildman–Crippen MR) is 66.0 cm³/mol. The monoisotopic (exact) mass is 268 g/mol. The second-order valence-electron chi connectivity index (χ2n) is 5.21. The fourth-order valence-corrected chi connectivity index (χ4v) is 3.02. The van der Waals surface area contributed by atoms with Crippen LogP contribution in [0.4, 0.5) is 0 Å². The summed E-state index contributed by atoms with van der Waals surface area (Å²) in [5, 5.41) is 9.65. The van der Waals surface area contributed by atoms with E-state index in [-0.39, 0.29) is 17.4 Å². The largest absolute Gasteiger partial charge is 0.395 e. The standard InChI is InChI=1S/C13H17BrO/c1-9-10(5-4-6-11(9)14)13(8-15)7-12(13,2)3/h4-6,15H,7-8H2,1-3H3. The number of aliphatic hydroxyl groups excluding tert-OH is 1. The first-order valence-electron chi connectivity index (χ1n) is 5.31. The van der Waals surface area contributed by atoms with Crippen molar-refractivity contribution in [2.24, 2.45) is 5.41 Å². The van der Waals surface area contributed by atoms with Gasteiger partial charge in [0.25, 0.3) is 0 Å². The minimum atomic E-state index is -0.0130. The highest BCUT2D eigenvalue weighted by Crippen LogP contribution is 2.64. The molecule has 0 bridgehead atoms. The first-order valence-corrected chi connectivity index (χ1v) is 6.10. The maximum Gasteiger partial charge on any atom is 0.0533 e. The van der Waals surface area contributed by atoms with Crippen molar-refractivity contribution < 1.29 is 5.11 Å². The Kier molecular flexibility index (Phi) is 2.47. The van der Waals surface area contributed by atoms with Gasteiger partial charge in [0.15, 0.2) is 0 Å². The normalized spacial score (nSPS) is 27.8. The summed E-state index contributed by atoms with van der Waals surface area (Å²) in [7, 11) is 0. The van der Waals surface area contributed by atoms with Gasteiger partial charge in [0, 0.05) is 9.89 Å². The molecule has 0 radical (unpaired) electrons. The highest BCUT2D eigenvalue weighted by molar-refractivity contribution is 9.10. The summed E-state index contributed by atoms with van der Waals surface area (Å²) in [5.41, 5.74) is 2.77. The molecule has 1 aromatic rings. The van der Waals surface area contributed by atoms with Crippen molar-refractivity contribution in [2.45, 2.75) is 32.6 Å². The molecular formula is C13H17BrO. The molecule has 0 saturated heterocycles. The molecule has 1 aliphatic rings. The van der Waals surface area contributed by atoms with E-state index in [1.165, 1.54) is 11.1 Å². The van der Waals surface area contributed by atoms with E-state index in [1.54, 1.807) is 0 Å². The second kappa shape index (κ2) is 3.33. The van der Waals surface area contributed by atoms with Crippen LogP contribution in [0, 0.1) is 12.3 Å². The fourth-order valence-electron chi connectivity index (χ4n) is 2.65. The summed E-state index contributed by atoms with van der Waals surface area (Å²) in [6, 6.07) is 6.25. The average Bonchev–Trinajstić information content (AvgIpc) is 2.74. The third kappa shape index (κ3) is 1.46. The van der Waals surface area contributed by atoms with Gasteiger partial charge >= 0.3 is 0 Å². The van der Waals surface area contributed by atoms with Gasteiger partial charge in [-0.05, 0) is 36.0 Å². The highest BCUT2D eigenvalue weighted by atomic mass is 79.9. The minimum Gasteiger partial charge on any atom is -0.395 e. The Balaban J connectivity index is 2.51. The van der Waals surface area contributed by atoms with E-state index in [4.69, 9.17) is 0 Å². The van der Waals surface area contributed by atoms with Crippen LogP contribution in [0.2, 0.25) is 0 Å². The Hall–Kier alpha value is -0.340. The lowest BCUT2D eigenvalue weighted by Crippen LogP contribution is -2.20. The number of hydrogen-bond donors (Lipinski definition) is 1. The highest BCUT2D eigenvalue weighted by Gasteiger charge is 2.62. The molecule has 2 rings (SSSR count). The van der Waals surface area contributed by atoms with Crippen molar-refractivity contribution in [1.82, 2.24) is 0 Å². The summed E-state index contributed by atoms with van der Waals surface area (Å²) in [5.74, 6) is 0. The molecule has 1 aromatic carbocycles. The van der Waals surface area contributed by atoms with E-state index in [0.29, 0.717) is 0 Å². The van der Waals surface area contributed by atoms with Crippen LogP contribution in [0.1, 0.15) is 31.4 Å². The van der Waals surface area contributed by atoms with Crippen LogP contribution in [-0.2, 0) is 5.41 Å². The Bertz CT molecular complexity index is 398. The SMILES string of the molecule is Cc1c(Br)cccc1C1(CO)CC1(C)C. The zero-order valence-corrected chi connectivity index (χ0v) is 11.1. The molecule has 1 aliphatic carbocycles. The molecule has 1 nitrogen and oxygen atoms in total. The maximum atomic E-state index is 9.65. The fraction of sp³-hybridized carbons (Fsp3) is 0.538. The number of rotatable bonds is 2. The number of benzene rings is 1. The van der Waals surface area contributed by atoms with Crippen LogP contribution in [-0.4, -0.2) is 11.7 Å². The van der Waals surface area contributed by atoms with Gasteiger partial charge in [-0.3, -0.25) is 0 Å². The van der Waals surface area contributed by atoms with E-state index in [1.807, 2.05) is 0 Å². The Morgan fingerprint density at radius 3 is 2.47 bits per heavy atom. The van der Waals surface area contributed by atoms with Gasteiger partial charge in [0.2, 0.25) is 0 Å². The van der Waals surface area contributed by atoms with Crippen molar-refractivity contribution in [3.8, 4) is 0 Å². The Morgan fingerprint density at radius 2 is 2.00 bits per heavy atom. The molecule has 0 amide bonds. The van der Waals surface area contributed by atoms with Crippen molar-refractivity contribution >= 4 is 15.9 Å². The van der Waals surface area contributed by atoms with Gasteiger partial charge in [-0.1, -0.05) is 41.9 Å². The Morgan fingerprint density at radius 1 is 1.40 bits per heavy atom. The molecule has 1 atom stereocenters. The quantitative estimate of drug-likeness (QED) is 0.872. The van der Waals surface area contributed by atoms with E-state index >= 15 is 0 Å². The smallest absolute Gasteiger partial charge is 0.0533 e. The van der Waals surface area contributed by atoms with E-state index in [2.05, 4.69) is 54.9 Å². The summed E-state index contributed by atoms with van der Waals surface area (Å²) in [6.07, 6.45) is 1.08. The molecule has 0 aromatic heterocycles. The molecule has 1 saturated carbocycles. The lowest BCUT2D eigenvalue weighted by atomic mass is 9.86. The second-order valence-corrected chi connectivity index (χ2v) is 6.07. The molecular weight excluding hydrogens is 252 g/mol. The minimum absolute atomic E-state index is 0.0130. The van der Waals surface area contributed by atoms with Gasteiger partial charge in [0.05, 0.1) is 6.61 Å². The van der Waals surface area contributed by atoms with Crippen molar-refractivity contribution in [2.75, 3.05) is 6.61 Å². The van der Waals surface area contributed by atoms with Gasteiger partial charge < -0.3 is 5.11 Å². The van der Waals surface area contributed by atoms with Gasteiger partial charge in [-0.25, -0.2) is 0 Å². The Labute approximate surface area is 99.6 Å². The van der Waals surface area contributed by atoms with Gasteiger partial charge in [-0.2, -0.15) is 0 Å². The first kappa shape index (κ1) is 11.2. The lowest BCUT2D eigenvalue weighted by molar-refractivity contribution is 0.231. The first-order chi connectivity index (χ1) is 6.94. The van der Waals surface area contributed by atoms with Crippen LogP contribution >= 0.6 is 15.9 Å². The molecule has 0 heterocycles. The van der Waals surface area contributed by atoms with E-state index in [9.17, 15) is 5.11 Å². The summed E-state index contributed by atoms with van der Waals surface area (Å²) >= 11 is 3.55. The van der Waals surface area contributed by atoms with Crippen LogP contribution in [0.3, 0.4) is 0 Å². The van der Waals surface area contributed by atoms with E-state index in [0.717, 1.165) is 10.9 Å². The zero-order chi connectivity index (χ0) is 11.3. The van der Waals surface area contributed by atoms with Crippen LogP contribution in [0.5, 0.6) is 0 Å². The van der Waals surface area contributed by atoms with Gasteiger partial charge in [0.1, 0.15) is 0 Å². The van der Waals surface area contributed by atoms with Crippen LogP contribution in [0.15, 0.2) is 22.7 Å². The average molecular weight is 269 g/mol. The van der Waals surface area contributed by atoms with E-state index < -0.39 is 0 Å². The van der Waals surface area contributed by atoms with Crippen molar-refractivity contribution in [3.05, 3.63) is 33.8 Å². The van der Waals surface area contributed by atoms with Gasteiger partial charge in [-0.15, -0.1) is 0 Å². The molecule has 82 valence electrons. The molecule has 1 unspecified atom stereocenters. The lowest BCUT2D eigenvalue weighted by Gasteiger charge is -2.21. The topological polar surface area (TPSA) is 20.2 Å². The summed E-state index contributed by atoms with van der Waals surface area (Å²) < 4.78 is 1.13. The zero-order valence-electron chi connectivity index (χ0n) is 9.47. The van der Waals surface area contributed by atoms with Crippen LogP contribution in [0.25, 0.3) is 0 Å². The summed E-state index contributed by atoms with van der Waals surface area (Å²) in [6.45, 7) is 6.82. The molecule has 1 N–H and O–H groups in total. The number of hydrogen-bond acceptors (Lipinski definition) is 1. The van der Waals surface area contributed by atoms with Crippen LogP contribution < -0.4 is 0 Å². The molecule has 1 fully saturated rings. The van der Waals surface area contributed by atoms with Crippen molar-refractivity contribution in [1.29, 1.82) is 0 Å². The summed E-state index contributed by atoms with van der Waals surface area (Å²) in [4.78, 5) is 0.